The zero-order chi connectivity index (χ0) is 16.9. The number of hydrogen-bond acceptors (Lipinski definition) is 4. The molecule has 132 valence electrons. The molecule has 2 aliphatic rings. The molecule has 5 nitrogen and oxygen atoms in total. The summed E-state index contributed by atoms with van der Waals surface area (Å²) < 4.78 is 10.9. The van der Waals surface area contributed by atoms with Gasteiger partial charge in [-0.1, -0.05) is 0 Å². The molecule has 2 aliphatic heterocycles. The number of nitrogens with one attached hydrogen (secondary N) is 1. The molecule has 0 bridgehead atoms. The van der Waals surface area contributed by atoms with Crippen LogP contribution in [-0.4, -0.2) is 45.4 Å². The third kappa shape index (κ3) is 3.73. The molecule has 0 saturated carbocycles. The third-order valence-electron chi connectivity index (χ3n) is 5.13. The maximum atomic E-state index is 12.0. The molecule has 0 aliphatic carbocycles. The van der Waals surface area contributed by atoms with Crippen molar-refractivity contribution in [1.29, 1.82) is 0 Å². The Balaban J connectivity index is 1.75. The molecular formula is C19H28N2O3. The average Bonchev–Trinajstić information content (AvgIpc) is 2.62. The highest BCUT2D eigenvalue weighted by Gasteiger charge is 2.26. The van der Waals surface area contributed by atoms with Crippen molar-refractivity contribution in [1.82, 2.24) is 0 Å². The minimum absolute atomic E-state index is 0.227. The van der Waals surface area contributed by atoms with Crippen molar-refractivity contribution >= 4 is 17.3 Å². The molecule has 5 heteroatoms. The van der Waals surface area contributed by atoms with Crippen LogP contribution in [0.2, 0.25) is 0 Å². The summed E-state index contributed by atoms with van der Waals surface area (Å²) in [7, 11) is 1.76. The van der Waals surface area contributed by atoms with Crippen molar-refractivity contribution in [3.05, 3.63) is 23.8 Å². The molecule has 0 radical (unpaired) electrons. The molecule has 1 fully saturated rings. The molecule has 1 N–H and O–H groups in total. The highest BCUT2D eigenvalue weighted by Crippen LogP contribution is 2.31. The normalized spacial score (nSPS) is 19.9. The SMILES string of the molecule is CCN1C(=O)CCc2cc(NC(COC)C3CCOCC3)ccc21. The molecule has 3 rings (SSSR count). The Labute approximate surface area is 144 Å². The van der Waals surface area contributed by atoms with E-state index in [0.717, 1.165) is 50.4 Å². The Kier molecular flexibility index (Phi) is 5.74. The zero-order valence-electron chi connectivity index (χ0n) is 14.7. The number of anilines is 2. The molecule has 1 aromatic rings. The van der Waals surface area contributed by atoms with Gasteiger partial charge in [-0.25, -0.2) is 0 Å². The smallest absolute Gasteiger partial charge is 0.227 e. The number of rotatable bonds is 6. The minimum Gasteiger partial charge on any atom is -0.383 e. The molecule has 1 unspecified atom stereocenters. The van der Waals surface area contributed by atoms with Crippen LogP contribution in [0.25, 0.3) is 0 Å². The van der Waals surface area contributed by atoms with E-state index in [1.54, 1.807) is 7.11 Å². The van der Waals surface area contributed by atoms with Crippen molar-refractivity contribution in [2.45, 2.75) is 38.6 Å². The lowest BCUT2D eigenvalue weighted by Crippen LogP contribution is -2.37. The van der Waals surface area contributed by atoms with Gasteiger partial charge in [0.25, 0.3) is 0 Å². The summed E-state index contributed by atoms with van der Waals surface area (Å²) in [6.45, 7) is 5.13. The van der Waals surface area contributed by atoms with E-state index in [1.807, 2.05) is 11.8 Å². The quantitative estimate of drug-likeness (QED) is 0.870. The number of hydrogen-bond donors (Lipinski definition) is 1. The first-order valence-electron chi connectivity index (χ1n) is 8.99. The molecule has 1 saturated heterocycles. The van der Waals surface area contributed by atoms with E-state index in [2.05, 4.69) is 23.5 Å². The number of carbonyl (C=O) groups excluding carboxylic acids is 1. The van der Waals surface area contributed by atoms with Crippen LogP contribution in [0.3, 0.4) is 0 Å². The Morgan fingerprint density at radius 1 is 1.33 bits per heavy atom. The van der Waals surface area contributed by atoms with E-state index >= 15 is 0 Å². The molecular weight excluding hydrogens is 304 g/mol. The van der Waals surface area contributed by atoms with Crippen LogP contribution in [0.1, 0.15) is 31.7 Å². The predicted octanol–water partition coefficient (Wildman–Crippen LogP) is 2.84. The highest BCUT2D eigenvalue weighted by atomic mass is 16.5. The van der Waals surface area contributed by atoms with Crippen molar-refractivity contribution in [2.24, 2.45) is 5.92 Å². The van der Waals surface area contributed by atoms with Crippen LogP contribution in [0, 0.1) is 5.92 Å². The second-order valence-electron chi connectivity index (χ2n) is 6.64. The van der Waals surface area contributed by atoms with Crippen molar-refractivity contribution < 1.29 is 14.3 Å². The van der Waals surface area contributed by atoms with E-state index in [-0.39, 0.29) is 5.91 Å². The zero-order valence-corrected chi connectivity index (χ0v) is 14.7. The van der Waals surface area contributed by atoms with Crippen LogP contribution in [0.15, 0.2) is 18.2 Å². The number of ether oxygens (including phenoxy) is 2. The van der Waals surface area contributed by atoms with Gasteiger partial charge in [0.05, 0.1) is 12.6 Å². The number of methoxy groups -OCH3 is 1. The van der Waals surface area contributed by atoms with E-state index < -0.39 is 0 Å². The van der Waals surface area contributed by atoms with Gasteiger partial charge in [0.2, 0.25) is 5.91 Å². The van der Waals surface area contributed by atoms with Crippen molar-refractivity contribution in [2.75, 3.05) is 43.7 Å². The summed E-state index contributed by atoms with van der Waals surface area (Å²) in [5, 5.41) is 3.66. The molecule has 0 aromatic heterocycles. The minimum atomic E-state index is 0.227. The first-order valence-corrected chi connectivity index (χ1v) is 8.99. The first kappa shape index (κ1) is 17.2. The standard InChI is InChI=1S/C19H28N2O3/c1-3-21-18-6-5-16(12-15(18)4-7-19(21)22)20-17(13-23-2)14-8-10-24-11-9-14/h5-6,12,14,17,20H,3-4,7-11,13H2,1-2H3. The summed E-state index contributed by atoms with van der Waals surface area (Å²) in [6, 6.07) is 6.66. The predicted molar refractivity (Wildman–Crippen MR) is 95.6 cm³/mol. The van der Waals surface area contributed by atoms with Crippen molar-refractivity contribution in [3.63, 3.8) is 0 Å². The van der Waals surface area contributed by atoms with E-state index in [4.69, 9.17) is 9.47 Å². The Morgan fingerprint density at radius 2 is 2.12 bits per heavy atom. The summed E-state index contributed by atoms with van der Waals surface area (Å²) in [5.41, 5.74) is 3.44. The van der Waals surface area contributed by atoms with Crippen LogP contribution in [-0.2, 0) is 20.7 Å². The second-order valence-corrected chi connectivity index (χ2v) is 6.64. The average molecular weight is 332 g/mol. The molecule has 1 aromatic carbocycles. The molecule has 0 spiro atoms. The Morgan fingerprint density at radius 3 is 2.83 bits per heavy atom. The number of nitrogens with zero attached hydrogens (tertiary/aromatic N) is 1. The van der Waals surface area contributed by atoms with Gasteiger partial charge in [0, 0.05) is 44.7 Å². The third-order valence-corrected chi connectivity index (χ3v) is 5.13. The fraction of sp³-hybridized carbons (Fsp3) is 0.632. The van der Waals surface area contributed by atoms with Crippen LogP contribution < -0.4 is 10.2 Å². The number of benzene rings is 1. The Hall–Kier alpha value is -1.59. The van der Waals surface area contributed by atoms with E-state index in [9.17, 15) is 4.79 Å². The molecule has 1 amide bonds. The Bertz CT molecular complexity index is 570. The molecule has 24 heavy (non-hydrogen) atoms. The second kappa shape index (κ2) is 7.99. The lowest BCUT2D eigenvalue weighted by Gasteiger charge is -2.32. The van der Waals surface area contributed by atoms with Crippen LogP contribution in [0.4, 0.5) is 11.4 Å². The number of amides is 1. The van der Waals surface area contributed by atoms with Gasteiger partial charge < -0.3 is 19.7 Å². The van der Waals surface area contributed by atoms with Gasteiger partial charge in [0.1, 0.15) is 0 Å². The highest BCUT2D eigenvalue weighted by molar-refractivity contribution is 5.96. The fourth-order valence-electron chi connectivity index (χ4n) is 3.80. The van der Waals surface area contributed by atoms with E-state index in [0.29, 0.717) is 25.0 Å². The summed E-state index contributed by atoms with van der Waals surface area (Å²) in [4.78, 5) is 13.9. The van der Waals surface area contributed by atoms with Gasteiger partial charge in [-0.05, 0) is 55.9 Å². The maximum Gasteiger partial charge on any atom is 0.227 e. The largest absolute Gasteiger partial charge is 0.383 e. The summed E-state index contributed by atoms with van der Waals surface area (Å²) in [6.07, 6.45) is 3.58. The van der Waals surface area contributed by atoms with Crippen LogP contribution in [0.5, 0.6) is 0 Å². The van der Waals surface area contributed by atoms with E-state index in [1.165, 1.54) is 5.56 Å². The maximum absolute atomic E-state index is 12.0. The van der Waals surface area contributed by atoms with Gasteiger partial charge >= 0.3 is 0 Å². The van der Waals surface area contributed by atoms with Gasteiger partial charge in [-0.3, -0.25) is 4.79 Å². The summed E-state index contributed by atoms with van der Waals surface area (Å²) in [5.74, 6) is 0.800. The fourth-order valence-corrected chi connectivity index (χ4v) is 3.80. The van der Waals surface area contributed by atoms with Crippen LogP contribution >= 0.6 is 0 Å². The number of aryl methyl sites for hydroxylation is 1. The summed E-state index contributed by atoms with van der Waals surface area (Å²) >= 11 is 0. The molecule has 2 heterocycles. The number of carbonyl (C=O) groups is 1. The van der Waals surface area contributed by atoms with Crippen molar-refractivity contribution in [3.8, 4) is 0 Å². The van der Waals surface area contributed by atoms with Gasteiger partial charge in [-0.2, -0.15) is 0 Å². The monoisotopic (exact) mass is 332 g/mol. The number of fused-ring (bicyclic) bond motifs is 1. The molecule has 1 atom stereocenters. The topological polar surface area (TPSA) is 50.8 Å². The lowest BCUT2D eigenvalue weighted by molar-refractivity contribution is -0.118. The lowest BCUT2D eigenvalue weighted by atomic mass is 9.91. The van der Waals surface area contributed by atoms with Gasteiger partial charge in [-0.15, -0.1) is 0 Å². The van der Waals surface area contributed by atoms with Gasteiger partial charge in [0.15, 0.2) is 0 Å². The first-order chi connectivity index (χ1) is 11.7.